The highest BCUT2D eigenvalue weighted by atomic mass is 35.5. The molecule has 0 saturated carbocycles. The predicted octanol–water partition coefficient (Wildman–Crippen LogP) is -0.338. The van der Waals surface area contributed by atoms with E-state index >= 15 is 0 Å². The van der Waals surface area contributed by atoms with Gasteiger partial charge in [0.25, 0.3) is 0 Å². The molecule has 22 heavy (non-hydrogen) atoms. The SMILES string of the molecule is Cc1cc(OC(=O)[C@H]2O[C@@H](O)[C@H](O)[C@@H](O)[C@@H]2O)cc(C)c1Cl. The summed E-state index contributed by atoms with van der Waals surface area (Å²) in [5.74, 6) is -0.811. The van der Waals surface area contributed by atoms with Crippen LogP contribution in [0.4, 0.5) is 0 Å². The number of halogens is 1. The van der Waals surface area contributed by atoms with Gasteiger partial charge >= 0.3 is 5.97 Å². The molecule has 0 radical (unpaired) electrons. The van der Waals surface area contributed by atoms with E-state index in [0.717, 1.165) is 0 Å². The number of carbonyl (C=O) groups excluding carboxylic acids is 1. The first-order valence-corrected chi connectivity index (χ1v) is 6.96. The van der Waals surface area contributed by atoms with Gasteiger partial charge in [0.1, 0.15) is 24.1 Å². The number of hydrogen-bond acceptors (Lipinski definition) is 7. The molecule has 1 aromatic rings. The lowest BCUT2D eigenvalue weighted by Crippen LogP contribution is -2.60. The molecule has 4 N–H and O–H groups in total. The molecule has 0 aromatic heterocycles. The zero-order valence-corrected chi connectivity index (χ0v) is 12.7. The predicted molar refractivity (Wildman–Crippen MR) is 75.5 cm³/mol. The van der Waals surface area contributed by atoms with Gasteiger partial charge in [0.05, 0.1) is 0 Å². The fourth-order valence-electron chi connectivity index (χ4n) is 2.20. The van der Waals surface area contributed by atoms with Crippen LogP contribution < -0.4 is 4.74 Å². The van der Waals surface area contributed by atoms with Gasteiger partial charge in [-0.1, -0.05) is 11.6 Å². The summed E-state index contributed by atoms with van der Waals surface area (Å²) in [4.78, 5) is 12.0. The first-order chi connectivity index (χ1) is 10.2. The molecule has 122 valence electrons. The molecule has 8 heteroatoms. The maximum Gasteiger partial charge on any atom is 0.343 e. The molecule has 1 fully saturated rings. The van der Waals surface area contributed by atoms with E-state index in [1.54, 1.807) is 13.8 Å². The molecule has 1 aliphatic rings. The molecule has 1 aromatic carbocycles. The maximum atomic E-state index is 12.0. The number of esters is 1. The molecule has 0 bridgehead atoms. The number of hydrogen-bond donors (Lipinski definition) is 4. The third kappa shape index (κ3) is 3.24. The third-order valence-corrected chi connectivity index (χ3v) is 4.05. The van der Waals surface area contributed by atoms with Gasteiger partial charge in [-0.2, -0.15) is 0 Å². The van der Waals surface area contributed by atoms with E-state index in [1.807, 2.05) is 0 Å². The second-order valence-electron chi connectivity index (χ2n) is 5.21. The Morgan fingerprint density at radius 3 is 2.18 bits per heavy atom. The summed E-state index contributed by atoms with van der Waals surface area (Å²) in [6.07, 6.45) is -8.58. The van der Waals surface area contributed by atoms with Crippen molar-refractivity contribution in [3.63, 3.8) is 0 Å². The Labute approximate surface area is 131 Å². The van der Waals surface area contributed by atoms with Crippen LogP contribution in [-0.2, 0) is 9.53 Å². The van der Waals surface area contributed by atoms with E-state index in [9.17, 15) is 25.2 Å². The van der Waals surface area contributed by atoms with Crippen LogP contribution in [0.2, 0.25) is 5.02 Å². The number of ether oxygens (including phenoxy) is 2. The fourth-order valence-corrected chi connectivity index (χ4v) is 2.30. The van der Waals surface area contributed by atoms with Gasteiger partial charge in [-0.05, 0) is 37.1 Å². The Morgan fingerprint density at radius 2 is 1.64 bits per heavy atom. The van der Waals surface area contributed by atoms with Gasteiger partial charge in [0.2, 0.25) is 0 Å². The Hall–Kier alpha value is -1.22. The molecule has 1 saturated heterocycles. The summed E-state index contributed by atoms with van der Waals surface area (Å²) < 4.78 is 9.88. The van der Waals surface area contributed by atoms with Crippen LogP contribution in [-0.4, -0.2) is 57.1 Å². The minimum Gasteiger partial charge on any atom is -0.425 e. The van der Waals surface area contributed by atoms with Gasteiger partial charge in [0.15, 0.2) is 12.4 Å². The van der Waals surface area contributed by atoms with Crippen LogP contribution >= 0.6 is 11.6 Å². The van der Waals surface area contributed by atoms with Crippen molar-refractivity contribution >= 4 is 17.6 Å². The van der Waals surface area contributed by atoms with Crippen molar-refractivity contribution in [1.29, 1.82) is 0 Å². The number of benzene rings is 1. The van der Waals surface area contributed by atoms with Crippen LogP contribution in [0.5, 0.6) is 5.75 Å². The van der Waals surface area contributed by atoms with Gasteiger partial charge in [-0.15, -0.1) is 0 Å². The lowest BCUT2D eigenvalue weighted by atomic mass is 9.99. The number of aliphatic hydroxyl groups is 4. The van der Waals surface area contributed by atoms with E-state index in [4.69, 9.17) is 21.1 Å². The van der Waals surface area contributed by atoms with Crippen molar-refractivity contribution in [1.82, 2.24) is 0 Å². The molecule has 1 aliphatic heterocycles. The van der Waals surface area contributed by atoms with E-state index in [1.165, 1.54) is 12.1 Å². The Morgan fingerprint density at radius 1 is 1.09 bits per heavy atom. The highest BCUT2D eigenvalue weighted by Gasteiger charge is 2.47. The van der Waals surface area contributed by atoms with Crippen LogP contribution in [0.15, 0.2) is 12.1 Å². The topological polar surface area (TPSA) is 116 Å². The van der Waals surface area contributed by atoms with E-state index < -0.39 is 36.7 Å². The first-order valence-electron chi connectivity index (χ1n) is 6.58. The molecule has 0 aliphatic carbocycles. The summed E-state index contributed by atoms with van der Waals surface area (Å²) in [6, 6.07) is 3.06. The second kappa shape index (κ2) is 6.49. The standard InChI is InChI=1S/C14H17ClO7/c1-5-3-7(4-6(2)8(5)15)21-14(20)12-10(17)9(16)11(18)13(19)22-12/h3-4,9-13,16-19H,1-2H3/t9-,10-,11+,12-,13+/m0/s1. The quantitative estimate of drug-likeness (QED) is 0.432. The molecule has 2 rings (SSSR count). The molecular formula is C14H17ClO7. The number of aliphatic hydroxyl groups excluding tert-OH is 4. The summed E-state index contributed by atoms with van der Waals surface area (Å²) in [6.45, 7) is 3.48. The monoisotopic (exact) mass is 332 g/mol. The molecule has 0 spiro atoms. The second-order valence-corrected chi connectivity index (χ2v) is 5.59. The van der Waals surface area contributed by atoms with Crippen molar-refractivity contribution in [3.8, 4) is 5.75 Å². The molecular weight excluding hydrogens is 316 g/mol. The summed E-state index contributed by atoms with van der Waals surface area (Å²) in [5.41, 5.74) is 1.40. The summed E-state index contributed by atoms with van der Waals surface area (Å²) in [5, 5.41) is 38.6. The highest BCUT2D eigenvalue weighted by molar-refractivity contribution is 6.32. The van der Waals surface area contributed by atoms with Gasteiger partial charge in [-0.3, -0.25) is 0 Å². The number of aryl methyl sites for hydroxylation is 2. The molecule has 1 heterocycles. The van der Waals surface area contributed by atoms with E-state index in [2.05, 4.69) is 0 Å². The van der Waals surface area contributed by atoms with Gasteiger partial charge < -0.3 is 29.9 Å². The Bertz CT molecular complexity index is 553. The third-order valence-electron chi connectivity index (χ3n) is 3.45. The first kappa shape index (κ1) is 17.1. The lowest BCUT2D eigenvalue weighted by molar-refractivity contribution is -0.279. The van der Waals surface area contributed by atoms with Gasteiger partial charge in [-0.25, -0.2) is 4.79 Å². The summed E-state index contributed by atoms with van der Waals surface area (Å²) in [7, 11) is 0. The van der Waals surface area contributed by atoms with E-state index in [0.29, 0.717) is 16.1 Å². The average Bonchev–Trinajstić information content (AvgIpc) is 2.46. The largest absolute Gasteiger partial charge is 0.425 e. The molecule has 0 amide bonds. The minimum absolute atomic E-state index is 0.190. The zero-order chi connectivity index (χ0) is 16.6. The average molecular weight is 333 g/mol. The summed E-state index contributed by atoms with van der Waals surface area (Å²) >= 11 is 6.01. The van der Waals surface area contributed by atoms with Crippen LogP contribution in [0.1, 0.15) is 11.1 Å². The van der Waals surface area contributed by atoms with Crippen LogP contribution in [0.25, 0.3) is 0 Å². The van der Waals surface area contributed by atoms with Crippen LogP contribution in [0.3, 0.4) is 0 Å². The van der Waals surface area contributed by atoms with Crippen molar-refractivity contribution in [2.45, 2.75) is 44.6 Å². The Balaban J connectivity index is 2.15. The smallest absolute Gasteiger partial charge is 0.343 e. The normalized spacial score (nSPS) is 31.9. The number of rotatable bonds is 2. The van der Waals surface area contributed by atoms with Gasteiger partial charge in [0, 0.05) is 5.02 Å². The molecule has 5 atom stereocenters. The van der Waals surface area contributed by atoms with Crippen molar-refractivity contribution in [2.75, 3.05) is 0 Å². The molecule has 0 unspecified atom stereocenters. The van der Waals surface area contributed by atoms with Crippen molar-refractivity contribution < 1.29 is 34.7 Å². The Kier molecular flexibility index (Phi) is 5.06. The molecule has 7 nitrogen and oxygen atoms in total. The highest BCUT2D eigenvalue weighted by Crippen LogP contribution is 2.27. The van der Waals surface area contributed by atoms with E-state index in [-0.39, 0.29) is 5.75 Å². The fraction of sp³-hybridized carbons (Fsp3) is 0.500. The zero-order valence-electron chi connectivity index (χ0n) is 11.9. The van der Waals surface area contributed by atoms with Crippen LogP contribution in [0, 0.1) is 13.8 Å². The van der Waals surface area contributed by atoms with Crippen molar-refractivity contribution in [2.24, 2.45) is 0 Å². The lowest BCUT2D eigenvalue weighted by Gasteiger charge is -2.36. The minimum atomic E-state index is -1.80. The van der Waals surface area contributed by atoms with Crippen molar-refractivity contribution in [3.05, 3.63) is 28.3 Å². The number of carbonyl (C=O) groups is 1. The maximum absolute atomic E-state index is 12.0.